The third-order valence-corrected chi connectivity index (χ3v) is 3.46. The van der Waals surface area contributed by atoms with Gasteiger partial charge in [0.2, 0.25) is 5.91 Å². The van der Waals surface area contributed by atoms with Crippen LogP contribution in [0.25, 0.3) is 0 Å². The lowest BCUT2D eigenvalue weighted by Crippen LogP contribution is -2.45. The van der Waals surface area contributed by atoms with E-state index in [-0.39, 0.29) is 12.3 Å². The molecule has 1 amide bonds. The van der Waals surface area contributed by atoms with Crippen LogP contribution in [0.4, 0.5) is 0 Å². The second-order valence-electron chi connectivity index (χ2n) is 4.92. The van der Waals surface area contributed by atoms with E-state index >= 15 is 0 Å². The molecule has 0 aromatic heterocycles. The van der Waals surface area contributed by atoms with Crippen molar-refractivity contribution in [3.63, 3.8) is 0 Å². The van der Waals surface area contributed by atoms with E-state index in [1.807, 2.05) is 0 Å². The molecule has 2 fully saturated rings. The highest BCUT2D eigenvalue weighted by Gasteiger charge is 2.36. The summed E-state index contributed by atoms with van der Waals surface area (Å²) in [5.74, 6) is -0.0264. The third-order valence-electron chi connectivity index (χ3n) is 3.46. The first-order valence-electron chi connectivity index (χ1n) is 5.77. The number of aliphatic hydroxyl groups is 2. The van der Waals surface area contributed by atoms with Crippen LogP contribution in [0.5, 0.6) is 0 Å². The Kier molecular flexibility index (Phi) is 2.98. The third kappa shape index (κ3) is 2.49. The lowest BCUT2D eigenvalue weighted by Gasteiger charge is -2.35. The first kappa shape index (κ1) is 10.9. The molecule has 2 N–H and O–H groups in total. The molecule has 0 spiro atoms. The molecule has 2 rings (SSSR count). The van der Waals surface area contributed by atoms with Gasteiger partial charge in [-0.3, -0.25) is 4.79 Å². The van der Waals surface area contributed by atoms with Gasteiger partial charge < -0.3 is 15.1 Å². The van der Waals surface area contributed by atoms with E-state index in [1.165, 1.54) is 6.42 Å². The average Bonchev–Trinajstić information content (AvgIpc) is 2.45. The second-order valence-corrected chi connectivity index (χ2v) is 4.92. The Bertz CT molecular complexity index is 248. The zero-order valence-corrected chi connectivity index (χ0v) is 8.98. The maximum Gasteiger partial charge on any atom is 0.225 e. The van der Waals surface area contributed by atoms with Crippen molar-refractivity contribution in [2.24, 2.45) is 0 Å². The number of amides is 1. The van der Waals surface area contributed by atoms with E-state index in [2.05, 4.69) is 0 Å². The van der Waals surface area contributed by atoms with Gasteiger partial charge in [0.05, 0.1) is 18.1 Å². The van der Waals surface area contributed by atoms with Crippen molar-refractivity contribution in [3.05, 3.63) is 0 Å². The van der Waals surface area contributed by atoms with Gasteiger partial charge in [0.1, 0.15) is 0 Å². The van der Waals surface area contributed by atoms with Crippen molar-refractivity contribution in [2.45, 2.75) is 50.2 Å². The van der Waals surface area contributed by atoms with Gasteiger partial charge >= 0.3 is 0 Å². The van der Waals surface area contributed by atoms with Crippen molar-refractivity contribution in [2.75, 3.05) is 13.1 Å². The fourth-order valence-electron chi connectivity index (χ4n) is 2.63. The molecule has 15 heavy (non-hydrogen) atoms. The quantitative estimate of drug-likeness (QED) is 0.692. The summed E-state index contributed by atoms with van der Waals surface area (Å²) in [6.07, 6.45) is 4.52. The molecule has 2 aliphatic rings. The van der Waals surface area contributed by atoms with E-state index < -0.39 is 11.7 Å². The number of hydrogen-bond acceptors (Lipinski definition) is 3. The van der Waals surface area contributed by atoms with Gasteiger partial charge in [-0.05, 0) is 12.8 Å². The molecule has 1 aliphatic heterocycles. The summed E-state index contributed by atoms with van der Waals surface area (Å²) in [5.41, 5.74) is -0.696. The topological polar surface area (TPSA) is 60.8 Å². The normalized spacial score (nSPS) is 30.9. The highest BCUT2D eigenvalue weighted by Crippen LogP contribution is 2.29. The number of aliphatic hydroxyl groups excluding tert-OH is 1. The van der Waals surface area contributed by atoms with Crippen LogP contribution < -0.4 is 0 Å². The second kappa shape index (κ2) is 4.10. The Balaban J connectivity index is 1.92. The molecular formula is C11H19NO3. The summed E-state index contributed by atoms with van der Waals surface area (Å²) in [7, 11) is 0. The number of nitrogens with zero attached hydrogens (tertiary/aromatic N) is 1. The monoisotopic (exact) mass is 213 g/mol. The predicted octanol–water partition coefficient (Wildman–Crippen LogP) is 0.275. The Morgan fingerprint density at radius 2 is 2.00 bits per heavy atom. The molecule has 0 aromatic carbocycles. The lowest BCUT2D eigenvalue weighted by molar-refractivity contribution is -0.131. The molecule has 4 nitrogen and oxygen atoms in total. The maximum atomic E-state index is 11.5. The largest absolute Gasteiger partial charge is 0.391 e. The molecular weight excluding hydrogens is 194 g/mol. The molecule has 1 heterocycles. The summed E-state index contributed by atoms with van der Waals surface area (Å²) in [5, 5.41) is 19.6. The molecule has 1 saturated carbocycles. The molecule has 1 aliphatic carbocycles. The van der Waals surface area contributed by atoms with Crippen LogP contribution in [0, 0.1) is 0 Å². The molecule has 1 atom stereocenters. The Morgan fingerprint density at radius 3 is 2.53 bits per heavy atom. The first-order chi connectivity index (χ1) is 7.09. The number of carbonyl (C=O) groups excluding carboxylic acids is 1. The minimum Gasteiger partial charge on any atom is -0.391 e. The van der Waals surface area contributed by atoms with Crippen LogP contribution >= 0.6 is 0 Å². The molecule has 0 bridgehead atoms. The van der Waals surface area contributed by atoms with Crippen LogP contribution in [0.15, 0.2) is 0 Å². The van der Waals surface area contributed by atoms with Crippen molar-refractivity contribution in [1.82, 2.24) is 4.90 Å². The van der Waals surface area contributed by atoms with Crippen LogP contribution in [-0.4, -0.2) is 45.8 Å². The van der Waals surface area contributed by atoms with Crippen molar-refractivity contribution in [1.29, 1.82) is 0 Å². The summed E-state index contributed by atoms with van der Waals surface area (Å²) >= 11 is 0. The van der Waals surface area contributed by atoms with Gasteiger partial charge in [-0.25, -0.2) is 0 Å². The Hall–Kier alpha value is -0.610. The fourth-order valence-corrected chi connectivity index (χ4v) is 2.63. The highest BCUT2D eigenvalue weighted by atomic mass is 16.3. The summed E-state index contributed by atoms with van der Waals surface area (Å²) in [6.45, 7) is 0.796. The Labute approximate surface area is 89.9 Å². The minimum absolute atomic E-state index is 0.0264. The molecule has 1 unspecified atom stereocenters. The van der Waals surface area contributed by atoms with Crippen molar-refractivity contribution >= 4 is 5.91 Å². The van der Waals surface area contributed by atoms with E-state index in [0.717, 1.165) is 25.7 Å². The van der Waals surface area contributed by atoms with Gasteiger partial charge in [0.25, 0.3) is 0 Å². The summed E-state index contributed by atoms with van der Waals surface area (Å²) < 4.78 is 0. The minimum atomic E-state index is -0.696. The maximum absolute atomic E-state index is 11.5. The van der Waals surface area contributed by atoms with Crippen LogP contribution in [-0.2, 0) is 4.79 Å². The average molecular weight is 213 g/mol. The van der Waals surface area contributed by atoms with Gasteiger partial charge in [-0.15, -0.1) is 0 Å². The fraction of sp³-hybridized carbons (Fsp3) is 0.909. The SMILES string of the molecule is O=C1CC(O)CN1CC1(O)CCCCC1. The molecule has 1 saturated heterocycles. The number of β-amino-alcohol motifs (C(OH)–C–C–N with tert-alkyl or cyclic N) is 2. The molecule has 4 heteroatoms. The summed E-state index contributed by atoms with van der Waals surface area (Å²) in [4.78, 5) is 13.1. The van der Waals surface area contributed by atoms with E-state index in [9.17, 15) is 15.0 Å². The lowest BCUT2D eigenvalue weighted by atomic mass is 9.84. The zero-order chi connectivity index (χ0) is 10.9. The molecule has 0 aromatic rings. The highest BCUT2D eigenvalue weighted by molar-refractivity contribution is 5.79. The smallest absolute Gasteiger partial charge is 0.225 e. The number of rotatable bonds is 2. The van der Waals surface area contributed by atoms with Gasteiger partial charge in [-0.1, -0.05) is 19.3 Å². The van der Waals surface area contributed by atoms with Gasteiger partial charge in [0.15, 0.2) is 0 Å². The first-order valence-corrected chi connectivity index (χ1v) is 5.77. The number of likely N-dealkylation sites (tertiary alicyclic amines) is 1. The Morgan fingerprint density at radius 1 is 1.33 bits per heavy atom. The predicted molar refractivity (Wildman–Crippen MR) is 55.2 cm³/mol. The van der Waals surface area contributed by atoms with Crippen LogP contribution in [0.1, 0.15) is 38.5 Å². The zero-order valence-electron chi connectivity index (χ0n) is 8.98. The van der Waals surface area contributed by atoms with E-state index in [4.69, 9.17) is 0 Å². The van der Waals surface area contributed by atoms with Crippen LogP contribution in [0.2, 0.25) is 0 Å². The van der Waals surface area contributed by atoms with Crippen LogP contribution in [0.3, 0.4) is 0 Å². The van der Waals surface area contributed by atoms with Crippen molar-refractivity contribution in [3.8, 4) is 0 Å². The molecule has 0 radical (unpaired) electrons. The number of carbonyl (C=O) groups is 1. The van der Waals surface area contributed by atoms with Crippen molar-refractivity contribution < 1.29 is 15.0 Å². The van der Waals surface area contributed by atoms with E-state index in [1.54, 1.807) is 4.90 Å². The van der Waals surface area contributed by atoms with Gasteiger partial charge in [-0.2, -0.15) is 0 Å². The number of hydrogen-bond donors (Lipinski definition) is 2. The summed E-state index contributed by atoms with van der Waals surface area (Å²) in [6, 6.07) is 0. The van der Waals surface area contributed by atoms with Gasteiger partial charge in [0, 0.05) is 13.1 Å². The molecule has 86 valence electrons. The standard InChI is InChI=1S/C11H19NO3/c13-9-6-10(14)12(7-9)8-11(15)4-2-1-3-5-11/h9,13,15H,1-8H2. The van der Waals surface area contributed by atoms with E-state index in [0.29, 0.717) is 13.1 Å².